The van der Waals surface area contributed by atoms with Crippen LogP contribution in [0.4, 0.5) is 0 Å². The van der Waals surface area contributed by atoms with Crippen molar-refractivity contribution in [2.45, 2.75) is 21.9 Å². The van der Waals surface area contributed by atoms with E-state index in [2.05, 4.69) is 4.98 Å². The van der Waals surface area contributed by atoms with Crippen molar-refractivity contribution in [3.8, 4) is 0 Å². The number of carboxylic acid groups (broad SMARTS) is 1. The molecule has 0 saturated carbocycles. The monoisotopic (exact) mass is 294 g/mol. The first kappa shape index (κ1) is 14.0. The molecule has 2 aromatic rings. The molecule has 4 nitrogen and oxygen atoms in total. The first-order valence-corrected chi connectivity index (χ1v) is 7.58. The van der Waals surface area contributed by atoms with E-state index in [9.17, 15) is 9.90 Å². The summed E-state index contributed by atoms with van der Waals surface area (Å²) in [5.41, 5.74) is 0.363. The number of thioether (sulfide) groups is 1. The molecule has 0 unspecified atom stereocenters. The maximum Gasteiger partial charge on any atom is 0.337 e. The summed E-state index contributed by atoms with van der Waals surface area (Å²) in [6, 6.07) is 5.55. The van der Waals surface area contributed by atoms with E-state index in [4.69, 9.17) is 0 Å². The van der Waals surface area contributed by atoms with Crippen LogP contribution in [-0.2, 0) is 7.05 Å². The van der Waals surface area contributed by atoms with Crippen molar-refractivity contribution in [1.29, 1.82) is 0 Å². The van der Waals surface area contributed by atoms with Crippen LogP contribution in [0.1, 0.15) is 17.3 Å². The average molecular weight is 294 g/mol. The van der Waals surface area contributed by atoms with E-state index in [1.54, 1.807) is 6.20 Å². The Labute approximate surface area is 120 Å². The molecule has 1 N–H and O–H groups in total. The molecule has 1 aromatic carbocycles. The predicted octanol–water partition coefficient (Wildman–Crippen LogP) is 3.38. The van der Waals surface area contributed by atoms with Crippen LogP contribution in [0.5, 0.6) is 0 Å². The third-order valence-corrected chi connectivity index (χ3v) is 4.56. The number of aromatic nitrogens is 2. The molecule has 0 radical (unpaired) electrons. The van der Waals surface area contributed by atoms with Gasteiger partial charge in [0.05, 0.1) is 5.56 Å². The van der Waals surface area contributed by atoms with E-state index in [1.165, 1.54) is 23.5 Å². The Morgan fingerprint density at radius 1 is 1.42 bits per heavy atom. The van der Waals surface area contributed by atoms with Crippen molar-refractivity contribution in [3.05, 3.63) is 36.2 Å². The Morgan fingerprint density at radius 2 is 2.16 bits per heavy atom. The lowest BCUT2D eigenvalue weighted by Gasteiger charge is -2.10. The number of carbonyl (C=O) groups is 1. The number of benzene rings is 1. The standard InChI is InChI=1S/C13H14N2O2S2/c1-3-18-9-5-4-6-10(11(9)12(16)17)19-13-14-7-8-15(13)2/h4-8H,3H2,1-2H3,(H,16,17). The number of aromatic carboxylic acids is 1. The van der Waals surface area contributed by atoms with Gasteiger partial charge in [0.15, 0.2) is 5.16 Å². The Kier molecular flexibility index (Phi) is 4.55. The van der Waals surface area contributed by atoms with Crippen molar-refractivity contribution >= 4 is 29.5 Å². The minimum absolute atomic E-state index is 0.363. The van der Waals surface area contributed by atoms with Gasteiger partial charge in [-0.3, -0.25) is 0 Å². The second kappa shape index (κ2) is 6.16. The number of aryl methyl sites for hydroxylation is 1. The fourth-order valence-corrected chi connectivity index (χ4v) is 3.48. The Hall–Kier alpha value is -1.40. The molecule has 100 valence electrons. The first-order chi connectivity index (χ1) is 9.13. The van der Waals surface area contributed by atoms with Crippen LogP contribution in [0.2, 0.25) is 0 Å². The normalized spacial score (nSPS) is 10.6. The largest absolute Gasteiger partial charge is 0.478 e. The molecule has 0 fully saturated rings. The van der Waals surface area contributed by atoms with Gasteiger partial charge in [-0.1, -0.05) is 24.8 Å². The minimum atomic E-state index is -0.895. The lowest BCUT2D eigenvalue weighted by atomic mass is 10.2. The summed E-state index contributed by atoms with van der Waals surface area (Å²) in [6.07, 6.45) is 3.54. The third kappa shape index (κ3) is 3.13. The molecule has 0 saturated heterocycles. The second-order valence-electron chi connectivity index (χ2n) is 3.79. The summed E-state index contributed by atoms with van der Waals surface area (Å²) in [5.74, 6) is -0.0511. The molecule has 2 rings (SSSR count). The average Bonchev–Trinajstić information content (AvgIpc) is 2.75. The number of hydrogen-bond donors (Lipinski definition) is 1. The molecular formula is C13H14N2O2S2. The van der Waals surface area contributed by atoms with E-state index in [0.717, 1.165) is 20.7 Å². The zero-order chi connectivity index (χ0) is 13.8. The zero-order valence-corrected chi connectivity index (χ0v) is 12.3. The quantitative estimate of drug-likeness (QED) is 0.857. The molecule has 0 bridgehead atoms. The maximum atomic E-state index is 11.5. The predicted molar refractivity (Wildman–Crippen MR) is 77.1 cm³/mol. The summed E-state index contributed by atoms with van der Waals surface area (Å²) in [4.78, 5) is 17.2. The zero-order valence-electron chi connectivity index (χ0n) is 10.7. The molecule has 0 aliphatic heterocycles. The van der Waals surface area contributed by atoms with E-state index in [1.807, 2.05) is 42.9 Å². The third-order valence-electron chi connectivity index (χ3n) is 2.48. The molecule has 1 aromatic heterocycles. The highest BCUT2D eigenvalue weighted by Gasteiger charge is 2.17. The van der Waals surface area contributed by atoms with Gasteiger partial charge in [0.2, 0.25) is 0 Å². The Bertz CT molecular complexity index is 596. The van der Waals surface area contributed by atoms with Gasteiger partial charge in [0.25, 0.3) is 0 Å². The van der Waals surface area contributed by atoms with E-state index < -0.39 is 5.97 Å². The maximum absolute atomic E-state index is 11.5. The summed E-state index contributed by atoms with van der Waals surface area (Å²) < 4.78 is 1.87. The molecule has 19 heavy (non-hydrogen) atoms. The fraction of sp³-hybridized carbons (Fsp3) is 0.231. The van der Waals surface area contributed by atoms with Crippen molar-refractivity contribution < 1.29 is 9.90 Å². The highest BCUT2D eigenvalue weighted by Crippen LogP contribution is 2.34. The van der Waals surface area contributed by atoms with Gasteiger partial charge in [-0.05, 0) is 17.9 Å². The first-order valence-electron chi connectivity index (χ1n) is 5.77. The number of imidazole rings is 1. The summed E-state index contributed by atoms with van der Waals surface area (Å²) in [6.45, 7) is 2.01. The van der Waals surface area contributed by atoms with E-state index in [0.29, 0.717) is 5.56 Å². The van der Waals surface area contributed by atoms with Gasteiger partial charge in [-0.25, -0.2) is 9.78 Å². The van der Waals surface area contributed by atoms with Gasteiger partial charge >= 0.3 is 5.97 Å². The lowest BCUT2D eigenvalue weighted by Crippen LogP contribution is -2.02. The lowest BCUT2D eigenvalue weighted by molar-refractivity contribution is 0.0689. The molecule has 0 atom stereocenters. The second-order valence-corrected chi connectivity index (χ2v) is 6.11. The molecular weight excluding hydrogens is 280 g/mol. The van der Waals surface area contributed by atoms with Gasteiger partial charge < -0.3 is 9.67 Å². The topological polar surface area (TPSA) is 55.1 Å². The summed E-state index contributed by atoms with van der Waals surface area (Å²) in [5, 5.41) is 10.2. The van der Waals surface area contributed by atoms with Crippen LogP contribution < -0.4 is 0 Å². The number of hydrogen-bond acceptors (Lipinski definition) is 4. The summed E-state index contributed by atoms with van der Waals surface area (Å²) in [7, 11) is 1.89. The van der Waals surface area contributed by atoms with Gasteiger partial charge in [-0.2, -0.15) is 0 Å². The number of rotatable bonds is 5. The van der Waals surface area contributed by atoms with Crippen molar-refractivity contribution in [2.24, 2.45) is 7.05 Å². The van der Waals surface area contributed by atoms with Crippen LogP contribution >= 0.6 is 23.5 Å². The Morgan fingerprint density at radius 3 is 2.74 bits per heavy atom. The highest BCUT2D eigenvalue weighted by atomic mass is 32.2. The highest BCUT2D eigenvalue weighted by molar-refractivity contribution is 8.00. The molecule has 0 aliphatic carbocycles. The van der Waals surface area contributed by atoms with Crippen LogP contribution in [0, 0.1) is 0 Å². The van der Waals surface area contributed by atoms with Crippen molar-refractivity contribution in [2.75, 3.05) is 5.75 Å². The molecule has 1 heterocycles. The number of carboxylic acids is 1. The van der Waals surface area contributed by atoms with Crippen LogP contribution in [0.25, 0.3) is 0 Å². The van der Waals surface area contributed by atoms with Gasteiger partial charge in [0, 0.05) is 29.2 Å². The molecule has 0 amide bonds. The van der Waals surface area contributed by atoms with Crippen LogP contribution in [-0.4, -0.2) is 26.4 Å². The van der Waals surface area contributed by atoms with Crippen LogP contribution in [0.3, 0.4) is 0 Å². The summed E-state index contributed by atoms with van der Waals surface area (Å²) >= 11 is 2.91. The minimum Gasteiger partial charge on any atom is -0.478 e. The smallest absolute Gasteiger partial charge is 0.337 e. The van der Waals surface area contributed by atoms with E-state index >= 15 is 0 Å². The van der Waals surface area contributed by atoms with E-state index in [-0.39, 0.29) is 0 Å². The molecule has 0 spiro atoms. The Balaban J connectivity index is 2.42. The van der Waals surface area contributed by atoms with Crippen molar-refractivity contribution in [3.63, 3.8) is 0 Å². The SMILES string of the molecule is CCSc1cccc(Sc2nccn2C)c1C(=O)O. The van der Waals surface area contributed by atoms with Gasteiger partial charge in [-0.15, -0.1) is 11.8 Å². The molecule has 0 aliphatic rings. The van der Waals surface area contributed by atoms with Crippen molar-refractivity contribution in [1.82, 2.24) is 9.55 Å². The number of nitrogens with zero attached hydrogens (tertiary/aromatic N) is 2. The molecule has 6 heteroatoms. The van der Waals surface area contributed by atoms with Crippen LogP contribution in [0.15, 0.2) is 45.5 Å². The fourth-order valence-electron chi connectivity index (χ4n) is 1.63. The van der Waals surface area contributed by atoms with Gasteiger partial charge in [0.1, 0.15) is 0 Å².